The lowest BCUT2D eigenvalue weighted by Gasteiger charge is -2.38. The molecule has 0 bridgehead atoms. The third-order valence-electron chi connectivity index (χ3n) is 4.36. The Hall–Kier alpha value is -1.16. The zero-order chi connectivity index (χ0) is 13.2. The maximum Gasteiger partial charge on any atom is 0.264 e. The predicted octanol–water partition coefficient (Wildman–Crippen LogP) is 3.11. The first-order chi connectivity index (χ1) is 9.27. The summed E-state index contributed by atoms with van der Waals surface area (Å²) in [4.78, 5) is 27.3. The molecule has 2 fully saturated rings. The molecule has 19 heavy (non-hydrogen) atoms. The second kappa shape index (κ2) is 5.45. The fourth-order valence-corrected chi connectivity index (χ4v) is 4.10. The van der Waals surface area contributed by atoms with Gasteiger partial charge in [-0.05, 0) is 43.6 Å². The van der Waals surface area contributed by atoms with E-state index in [0.29, 0.717) is 12.2 Å². The number of likely N-dealkylation sites (tertiary alicyclic amines) is 1. The minimum absolute atomic E-state index is 0.101. The van der Waals surface area contributed by atoms with Crippen LogP contribution in [0, 0.1) is 5.92 Å². The van der Waals surface area contributed by atoms with Crippen LogP contribution < -0.4 is 0 Å². The van der Waals surface area contributed by atoms with Crippen LogP contribution in [0.1, 0.15) is 48.2 Å². The molecule has 4 heteroatoms. The van der Waals surface area contributed by atoms with Gasteiger partial charge in [-0.15, -0.1) is 11.3 Å². The normalized spacial score (nSPS) is 27.8. The average molecular weight is 277 g/mol. The van der Waals surface area contributed by atoms with Crippen LogP contribution in [0.15, 0.2) is 17.5 Å². The molecular formula is C15H19NO2S. The Labute approximate surface area is 117 Å². The molecule has 1 saturated heterocycles. The van der Waals surface area contributed by atoms with E-state index < -0.39 is 0 Å². The second-order valence-corrected chi connectivity index (χ2v) is 6.45. The average Bonchev–Trinajstić information content (AvgIpc) is 3.09. The van der Waals surface area contributed by atoms with Gasteiger partial charge in [0, 0.05) is 24.9 Å². The second-order valence-electron chi connectivity index (χ2n) is 5.50. The van der Waals surface area contributed by atoms with Gasteiger partial charge < -0.3 is 4.90 Å². The van der Waals surface area contributed by atoms with Crippen LogP contribution in [0.4, 0.5) is 0 Å². The van der Waals surface area contributed by atoms with E-state index in [1.807, 2.05) is 22.4 Å². The smallest absolute Gasteiger partial charge is 0.264 e. The van der Waals surface area contributed by atoms with E-state index in [-0.39, 0.29) is 17.9 Å². The highest BCUT2D eigenvalue weighted by Crippen LogP contribution is 2.33. The summed E-state index contributed by atoms with van der Waals surface area (Å²) in [6.45, 7) is 0.811. The van der Waals surface area contributed by atoms with E-state index in [0.717, 1.165) is 43.5 Å². The molecule has 1 aromatic rings. The van der Waals surface area contributed by atoms with Crippen molar-refractivity contribution in [2.24, 2.45) is 5.92 Å². The third kappa shape index (κ3) is 2.46. The summed E-state index contributed by atoms with van der Waals surface area (Å²) in [6, 6.07) is 3.95. The predicted molar refractivity (Wildman–Crippen MR) is 75.3 cm³/mol. The molecule has 3 nitrogen and oxygen atoms in total. The highest BCUT2D eigenvalue weighted by molar-refractivity contribution is 7.12. The van der Waals surface area contributed by atoms with Crippen LogP contribution in [-0.2, 0) is 4.79 Å². The van der Waals surface area contributed by atoms with Crippen LogP contribution in [0.2, 0.25) is 0 Å². The summed E-state index contributed by atoms with van der Waals surface area (Å²) in [5, 5.41) is 1.94. The Kier molecular flexibility index (Phi) is 3.69. The summed E-state index contributed by atoms with van der Waals surface area (Å²) < 4.78 is 0. The Morgan fingerprint density at radius 3 is 2.84 bits per heavy atom. The molecule has 1 aliphatic heterocycles. The van der Waals surface area contributed by atoms with Gasteiger partial charge >= 0.3 is 0 Å². The van der Waals surface area contributed by atoms with Gasteiger partial charge in [0.2, 0.25) is 0 Å². The number of hydrogen-bond donors (Lipinski definition) is 0. The number of ketones is 1. The van der Waals surface area contributed by atoms with Gasteiger partial charge in [-0.3, -0.25) is 9.59 Å². The lowest BCUT2D eigenvalue weighted by molar-refractivity contribution is -0.122. The maximum atomic E-state index is 12.6. The van der Waals surface area contributed by atoms with E-state index >= 15 is 0 Å². The Morgan fingerprint density at radius 1 is 1.26 bits per heavy atom. The minimum Gasteiger partial charge on any atom is -0.334 e. The SMILES string of the molecule is O=C1CCCC1C1CCCCN1C(=O)c1cccs1. The Balaban J connectivity index is 1.81. The first-order valence-corrected chi connectivity index (χ1v) is 8.02. The maximum absolute atomic E-state index is 12.6. The van der Waals surface area contributed by atoms with Gasteiger partial charge in [0.05, 0.1) is 4.88 Å². The number of amides is 1. The summed E-state index contributed by atoms with van der Waals surface area (Å²) in [5.41, 5.74) is 0. The molecule has 3 rings (SSSR count). The molecule has 0 aromatic carbocycles. The molecule has 0 radical (unpaired) electrons. The molecule has 2 atom stereocenters. The number of carbonyl (C=O) groups excluding carboxylic acids is 2. The summed E-state index contributed by atoms with van der Waals surface area (Å²) in [5.74, 6) is 0.597. The fraction of sp³-hybridized carbons (Fsp3) is 0.600. The van der Waals surface area contributed by atoms with Crippen molar-refractivity contribution in [3.8, 4) is 0 Å². The van der Waals surface area contributed by atoms with Gasteiger partial charge in [-0.2, -0.15) is 0 Å². The lowest BCUT2D eigenvalue weighted by atomic mass is 9.88. The highest BCUT2D eigenvalue weighted by Gasteiger charge is 2.38. The molecular weight excluding hydrogens is 258 g/mol. The number of thiophene rings is 1. The lowest BCUT2D eigenvalue weighted by Crippen LogP contribution is -2.48. The molecule has 1 aromatic heterocycles. The van der Waals surface area contributed by atoms with Crippen molar-refractivity contribution in [2.45, 2.75) is 44.6 Å². The van der Waals surface area contributed by atoms with Gasteiger partial charge in [0.15, 0.2) is 0 Å². The summed E-state index contributed by atoms with van der Waals surface area (Å²) in [6.07, 6.45) is 5.88. The van der Waals surface area contributed by atoms with Crippen molar-refractivity contribution in [3.05, 3.63) is 22.4 Å². The summed E-state index contributed by atoms with van der Waals surface area (Å²) >= 11 is 1.49. The largest absolute Gasteiger partial charge is 0.334 e. The molecule has 0 N–H and O–H groups in total. The van der Waals surface area contributed by atoms with Crippen molar-refractivity contribution < 1.29 is 9.59 Å². The minimum atomic E-state index is 0.101. The molecule has 2 unspecified atom stereocenters. The standard InChI is InChI=1S/C15H19NO2S/c17-13-7-3-5-11(13)12-6-1-2-9-16(12)15(18)14-8-4-10-19-14/h4,8,10-12H,1-3,5-7,9H2. The molecule has 2 aliphatic rings. The quantitative estimate of drug-likeness (QED) is 0.833. The third-order valence-corrected chi connectivity index (χ3v) is 5.22. The molecule has 2 heterocycles. The van der Waals surface area contributed by atoms with Gasteiger partial charge in [-0.1, -0.05) is 6.07 Å². The zero-order valence-electron chi connectivity index (χ0n) is 11.0. The summed E-state index contributed by atoms with van der Waals surface area (Å²) in [7, 11) is 0. The van der Waals surface area contributed by atoms with Gasteiger partial charge in [0.25, 0.3) is 5.91 Å². The van der Waals surface area contributed by atoms with Gasteiger partial charge in [-0.25, -0.2) is 0 Å². The zero-order valence-corrected chi connectivity index (χ0v) is 11.8. The number of piperidine rings is 1. The van der Waals surface area contributed by atoms with Crippen molar-refractivity contribution in [3.63, 3.8) is 0 Å². The van der Waals surface area contributed by atoms with Crippen molar-refractivity contribution in [1.29, 1.82) is 0 Å². The van der Waals surface area contributed by atoms with E-state index in [4.69, 9.17) is 0 Å². The van der Waals surface area contributed by atoms with Crippen molar-refractivity contribution in [2.75, 3.05) is 6.54 Å². The van der Waals surface area contributed by atoms with E-state index in [9.17, 15) is 9.59 Å². The monoisotopic (exact) mass is 277 g/mol. The van der Waals surface area contributed by atoms with Crippen LogP contribution in [0.5, 0.6) is 0 Å². The first-order valence-electron chi connectivity index (χ1n) is 7.14. The van der Waals surface area contributed by atoms with Crippen molar-refractivity contribution >= 4 is 23.0 Å². The number of Topliss-reactive ketones (excluding diaryl/α,β-unsaturated/α-hetero) is 1. The molecule has 102 valence electrons. The van der Waals surface area contributed by atoms with E-state index in [2.05, 4.69) is 0 Å². The molecule has 1 saturated carbocycles. The van der Waals surface area contributed by atoms with Crippen molar-refractivity contribution in [1.82, 2.24) is 4.90 Å². The molecule has 0 spiro atoms. The number of carbonyl (C=O) groups is 2. The fourth-order valence-electron chi connectivity index (χ4n) is 3.42. The number of nitrogens with zero attached hydrogens (tertiary/aromatic N) is 1. The van der Waals surface area contributed by atoms with E-state index in [1.54, 1.807) is 0 Å². The number of rotatable bonds is 2. The van der Waals surface area contributed by atoms with Crippen LogP contribution in [-0.4, -0.2) is 29.2 Å². The van der Waals surface area contributed by atoms with Gasteiger partial charge in [0.1, 0.15) is 5.78 Å². The highest BCUT2D eigenvalue weighted by atomic mass is 32.1. The Bertz CT molecular complexity index is 468. The topological polar surface area (TPSA) is 37.4 Å². The number of hydrogen-bond acceptors (Lipinski definition) is 3. The molecule has 1 aliphatic carbocycles. The Morgan fingerprint density at radius 2 is 2.16 bits per heavy atom. The van der Waals surface area contributed by atoms with Crippen LogP contribution in [0.3, 0.4) is 0 Å². The first kappa shape index (κ1) is 12.9. The van der Waals surface area contributed by atoms with Crippen LogP contribution in [0.25, 0.3) is 0 Å². The van der Waals surface area contributed by atoms with E-state index in [1.165, 1.54) is 11.3 Å². The molecule has 1 amide bonds. The van der Waals surface area contributed by atoms with Crippen LogP contribution >= 0.6 is 11.3 Å².